The molecule has 0 saturated carbocycles. The number of imidazole rings is 4. The Kier molecular flexibility index (Phi) is 19.5. The summed E-state index contributed by atoms with van der Waals surface area (Å²) in [5.41, 5.74) is 16.9. The van der Waals surface area contributed by atoms with Crippen LogP contribution in [0.5, 0.6) is 0 Å². The second-order valence-corrected chi connectivity index (χ2v) is 30.8. The highest BCUT2D eigenvalue weighted by molar-refractivity contribution is 8.06. The topological polar surface area (TPSA) is 734 Å². The van der Waals surface area contributed by atoms with Gasteiger partial charge in [0.1, 0.15) is 91.3 Å². The second kappa shape index (κ2) is 26.7. The van der Waals surface area contributed by atoms with Gasteiger partial charge in [-0.05, 0) is 6.92 Å². The first-order chi connectivity index (χ1) is 46.4. The highest BCUT2D eigenvalue weighted by Crippen LogP contribution is 2.63. The summed E-state index contributed by atoms with van der Waals surface area (Å²) in [6, 6.07) is 0. The van der Waals surface area contributed by atoms with E-state index in [0.29, 0.717) is 0 Å². The van der Waals surface area contributed by atoms with Gasteiger partial charge in [0.25, 0.3) is 53.9 Å². The van der Waals surface area contributed by atoms with E-state index in [-0.39, 0.29) is 62.4 Å². The average Bonchev–Trinajstić information content (AvgIpc) is 1.60. The number of aliphatic hydroxyl groups is 5. The molecule has 8 aromatic heterocycles. The van der Waals surface area contributed by atoms with Crippen molar-refractivity contribution in [1.29, 1.82) is 0 Å². The molecule has 8 aromatic rings. The predicted molar refractivity (Wildman–Crippen MR) is 312 cm³/mol. The molecule has 12 heterocycles. The number of aliphatic hydroxyl groups excluding tert-OH is 4. The zero-order valence-electron chi connectivity index (χ0n) is 50.1. The molecule has 21 atom stereocenters. The molecule has 4 aliphatic rings. The van der Waals surface area contributed by atoms with E-state index in [1.165, 1.54) is 17.9 Å². The molecule has 50 nitrogen and oxygen atoms in total. The van der Waals surface area contributed by atoms with Crippen LogP contribution in [0.4, 0.5) is 23.7 Å². The van der Waals surface area contributed by atoms with Crippen molar-refractivity contribution in [2.24, 2.45) is 7.05 Å². The zero-order valence-corrected chi connectivity index (χ0v) is 55.4. The third-order valence-electron chi connectivity index (χ3n) is 15.6. The summed E-state index contributed by atoms with van der Waals surface area (Å²) in [4.78, 5) is 144. The second-order valence-electron chi connectivity index (χ2n) is 22.2. The van der Waals surface area contributed by atoms with Gasteiger partial charge in [-0.15, -0.1) is 0 Å². The van der Waals surface area contributed by atoms with E-state index in [1.54, 1.807) is 0 Å². The Labute approximate surface area is 552 Å². The monoisotopic (exact) mass is 1520 g/mol. The third kappa shape index (κ3) is 14.3. The maximum absolute atomic E-state index is 14.5. The number of aromatic amines is 3. The molecule has 21 unspecified atom stereocenters. The third-order valence-corrected chi connectivity index (χ3v) is 22.2. The van der Waals surface area contributed by atoms with E-state index in [4.69, 9.17) is 81.0 Å². The van der Waals surface area contributed by atoms with Crippen molar-refractivity contribution in [3.05, 3.63) is 62.7 Å². The first kappa shape index (κ1) is 72.2. The first-order valence-corrected chi connectivity index (χ1v) is 36.4. The van der Waals surface area contributed by atoms with Crippen LogP contribution in [0.2, 0.25) is 0 Å². The maximum atomic E-state index is 14.5. The quantitative estimate of drug-likeness (QED) is 0.0187. The average molecular weight is 1520 g/mol. The lowest BCUT2D eigenvalue weighted by atomic mass is 9.96. The minimum atomic E-state index is -6.69. The summed E-state index contributed by atoms with van der Waals surface area (Å²) in [7, 11) is -22.8. The van der Waals surface area contributed by atoms with E-state index in [2.05, 4.69) is 68.0 Å². The fourth-order valence-electron chi connectivity index (χ4n) is 11.2. The molecule has 0 radical (unpaired) electrons. The molecule has 16 N–H and O–H groups in total. The van der Waals surface area contributed by atoms with E-state index in [0.717, 1.165) is 57.6 Å². The Morgan fingerprint density at radius 1 is 0.596 bits per heavy atom. The van der Waals surface area contributed by atoms with Gasteiger partial charge < -0.3 is 124 Å². The molecule has 0 aromatic carbocycles. The molecule has 56 heteroatoms. The molecule has 99 heavy (non-hydrogen) atoms. The lowest BCUT2D eigenvalue weighted by Crippen LogP contribution is -2.53. The van der Waals surface area contributed by atoms with Gasteiger partial charge >= 0.3 is 5.65 Å². The molecule has 0 amide bonds. The van der Waals surface area contributed by atoms with Crippen molar-refractivity contribution in [2.75, 3.05) is 56.5 Å². The molecule has 4 aliphatic heterocycles. The number of nitrogen functional groups attached to an aromatic ring is 4. The Bertz CT molecular complexity index is 4880. The van der Waals surface area contributed by atoms with Crippen LogP contribution in [0.25, 0.3) is 44.7 Å². The SMILES string of the molecule is COC1C(OP([O-])(=S)OCC2OC(n3cnc4c(=O)[nH]c(N)nc43)C(O)C2OP(=O)([O-])OCC2OC(n3cnc4c(=O)[nH]c(N)nc43)C(O)C2O)C(COP(=O)([O-])OP(=O)([O-])OP(=O)([O-])OCC2OC([n+]3cn(C)c4c(=O)[nH]c(N)nc43)C(C)(O)C2O)OC1n1cnc2c(N)ncnc21. The smallest absolute Gasteiger partial charge is 0.313 e. The van der Waals surface area contributed by atoms with Gasteiger partial charge in [-0.1, -0.05) is 16.8 Å². The van der Waals surface area contributed by atoms with Crippen LogP contribution in [0, 0.1) is 0 Å². The van der Waals surface area contributed by atoms with Crippen LogP contribution in [0.1, 0.15) is 31.8 Å². The number of nitrogens with one attached hydrogen (secondary N) is 3. The summed E-state index contributed by atoms with van der Waals surface area (Å²) < 4.78 is 127. The predicted octanol–water partition coefficient (Wildman–Crippen LogP) is -8.89. The molecule has 0 bridgehead atoms. The number of hydrogen-bond acceptors (Lipinski definition) is 43. The molecule has 4 saturated heterocycles. The largest absolute Gasteiger partial charge is 0.780 e. The van der Waals surface area contributed by atoms with Crippen LogP contribution in [0.3, 0.4) is 0 Å². The number of phosphoric acid groups is 4. The zero-order chi connectivity index (χ0) is 71.5. The molecular formula is C43H53N20O30P5S-4. The Balaban J connectivity index is 0.742. The maximum Gasteiger partial charge on any atom is 0.313 e. The number of fused-ring (bicyclic) bond motifs is 4. The number of anilines is 4. The standard InChI is InChI=1S/C43H57N20O30P5S/c1-43(71)27(67)16(89-39(43)63-12-59(2)20-32(63)55-42(47)58-35(20)70)7-84-96(76,77)93-97(78,79)92-95(74,75)83-5-15-25(26(81-3)38(88-15)60-9-50-17-28(44)48-8-49-29(17)60)91-98(80,99)85-6-14-24(23(66)37(87-14)62-11-52-19-31(62)54-41(46)57-34(19)69)90-94(72,73)82-4-13-21(64)22(65)36(86-13)61-10-51-18-30(61)53-40(45)56-33(18)68/h8-16,21-27,36-39,64-67,71H,4-7H2,1-3H3,(H15-,44,45,46,47,48,49,53,54,55,56,57,58,68,69,70,72,73,74,75,76,77,78,79,80,99)/p-4. The van der Waals surface area contributed by atoms with Crippen LogP contribution in [0.15, 0.2) is 46.0 Å². The van der Waals surface area contributed by atoms with E-state index >= 15 is 0 Å². The molecule has 4 fully saturated rings. The number of hydrogen-bond donors (Lipinski definition) is 12. The Morgan fingerprint density at radius 3 is 1.70 bits per heavy atom. The number of ether oxygens (including phenoxy) is 5. The number of phosphoric ester groups is 3. The highest BCUT2D eigenvalue weighted by atomic mass is 32.5. The first-order valence-electron chi connectivity index (χ1n) is 28.0. The van der Waals surface area contributed by atoms with Gasteiger partial charge in [0.05, 0.1) is 52.5 Å². The van der Waals surface area contributed by atoms with Crippen molar-refractivity contribution in [1.82, 2.24) is 73.1 Å². The number of aryl methyl sites for hydroxylation is 1. The number of aromatic nitrogens is 16. The number of rotatable bonds is 25. The van der Waals surface area contributed by atoms with Gasteiger partial charge in [0.2, 0.25) is 23.6 Å². The normalized spacial score (nSPS) is 31.3. The summed E-state index contributed by atoms with van der Waals surface area (Å²) in [5.74, 6) is -1.33. The minimum absolute atomic E-state index is 0.0317. The van der Waals surface area contributed by atoms with Gasteiger partial charge in [0, 0.05) is 7.11 Å². The summed E-state index contributed by atoms with van der Waals surface area (Å²) in [6.07, 6.45) is -22.8. The van der Waals surface area contributed by atoms with Crippen molar-refractivity contribution in [3.63, 3.8) is 0 Å². The number of H-pyrrole nitrogens is 3. The van der Waals surface area contributed by atoms with Gasteiger partial charge in [-0.25, -0.2) is 38.1 Å². The van der Waals surface area contributed by atoms with Crippen LogP contribution < -0.4 is 68.6 Å². The minimum Gasteiger partial charge on any atom is -0.780 e. The van der Waals surface area contributed by atoms with Gasteiger partial charge in [0.15, 0.2) is 58.8 Å². The lowest BCUT2D eigenvalue weighted by molar-refractivity contribution is -0.752. The van der Waals surface area contributed by atoms with Crippen molar-refractivity contribution < 1.29 is 132 Å². The van der Waals surface area contributed by atoms with Crippen molar-refractivity contribution >= 4 is 118 Å². The summed E-state index contributed by atoms with van der Waals surface area (Å²) >= 11 is 5.27. The highest BCUT2D eigenvalue weighted by Gasteiger charge is 2.57. The van der Waals surface area contributed by atoms with E-state index in [1.807, 2.05) is 0 Å². The summed E-state index contributed by atoms with van der Waals surface area (Å²) in [5, 5.41) is 56.1. The van der Waals surface area contributed by atoms with Crippen LogP contribution in [-0.4, -0.2) is 205 Å². The molecule has 12 rings (SSSR count). The van der Waals surface area contributed by atoms with E-state index < -0.39 is 185 Å². The fourth-order valence-corrected chi connectivity index (χ4v) is 17.0. The van der Waals surface area contributed by atoms with Crippen molar-refractivity contribution in [2.45, 2.75) is 105 Å². The Hall–Kier alpha value is -6.55. The van der Waals surface area contributed by atoms with E-state index in [9.17, 15) is 82.6 Å². The summed E-state index contributed by atoms with van der Waals surface area (Å²) in [6.45, 7) is -9.30. The molecule has 540 valence electrons. The Morgan fingerprint density at radius 2 is 1.09 bits per heavy atom. The number of nitrogens with zero attached hydrogens (tertiary/aromatic N) is 13. The van der Waals surface area contributed by atoms with Gasteiger partial charge in [-0.3, -0.25) is 65.9 Å². The lowest BCUT2D eigenvalue weighted by Gasteiger charge is -2.36. The van der Waals surface area contributed by atoms with Crippen molar-refractivity contribution in [3.8, 4) is 0 Å². The van der Waals surface area contributed by atoms with Gasteiger partial charge in [-0.2, -0.15) is 9.97 Å². The molecule has 0 aliphatic carbocycles. The molecule has 0 spiro atoms. The number of nitrogens with two attached hydrogens (primary N) is 4. The fraction of sp³-hybridized carbons (Fsp3) is 0.535. The number of methoxy groups -OCH3 is 1. The van der Waals surface area contributed by atoms with Crippen LogP contribution >= 0.6 is 38.0 Å². The molecular weight excluding hydrogens is 1460 g/mol. The van der Waals surface area contributed by atoms with Crippen LogP contribution in [-0.2, 0) is 96.6 Å².